The molecule has 3 heterocycles. The first-order chi connectivity index (χ1) is 14.1. The highest BCUT2D eigenvalue weighted by Gasteiger charge is 2.16. The SMILES string of the molecule is Cc1ccc2nc(C(=O)NCc3ccnc(OCC4CCOC4)c3)[nH]c(=O)c2c1. The van der Waals surface area contributed by atoms with Crippen molar-refractivity contribution in [3.8, 4) is 5.88 Å². The molecule has 1 atom stereocenters. The first kappa shape index (κ1) is 19.1. The van der Waals surface area contributed by atoms with Crippen LogP contribution in [0.1, 0.15) is 28.2 Å². The topological polar surface area (TPSA) is 106 Å². The van der Waals surface area contributed by atoms with E-state index in [0.717, 1.165) is 24.2 Å². The Hall–Kier alpha value is -3.26. The molecule has 29 heavy (non-hydrogen) atoms. The van der Waals surface area contributed by atoms with Crippen LogP contribution in [0.25, 0.3) is 10.9 Å². The number of aryl methyl sites for hydroxylation is 1. The molecule has 150 valence electrons. The third-order valence-corrected chi connectivity index (χ3v) is 4.82. The fourth-order valence-electron chi connectivity index (χ4n) is 3.18. The van der Waals surface area contributed by atoms with E-state index < -0.39 is 5.91 Å². The third kappa shape index (κ3) is 4.60. The monoisotopic (exact) mass is 394 g/mol. The van der Waals surface area contributed by atoms with E-state index in [1.165, 1.54) is 0 Å². The molecule has 1 aliphatic heterocycles. The molecule has 2 N–H and O–H groups in total. The number of carbonyl (C=O) groups excluding carboxylic acids is 1. The van der Waals surface area contributed by atoms with Gasteiger partial charge in [0, 0.05) is 31.3 Å². The Labute approximate surface area is 167 Å². The summed E-state index contributed by atoms with van der Waals surface area (Å²) in [5, 5.41) is 3.23. The van der Waals surface area contributed by atoms with Crippen LogP contribution in [0.2, 0.25) is 0 Å². The van der Waals surface area contributed by atoms with Gasteiger partial charge in [0.1, 0.15) is 0 Å². The summed E-state index contributed by atoms with van der Waals surface area (Å²) in [5.41, 5.74) is 1.95. The number of hydrogen-bond acceptors (Lipinski definition) is 6. The zero-order chi connectivity index (χ0) is 20.2. The summed E-state index contributed by atoms with van der Waals surface area (Å²) in [6.45, 7) is 4.21. The molecular formula is C21H22N4O4. The van der Waals surface area contributed by atoms with Crippen molar-refractivity contribution in [2.75, 3.05) is 19.8 Å². The van der Waals surface area contributed by atoms with Gasteiger partial charge in [0.05, 0.1) is 24.1 Å². The normalized spacial score (nSPS) is 16.1. The second-order valence-electron chi connectivity index (χ2n) is 7.16. The van der Waals surface area contributed by atoms with E-state index in [1.54, 1.807) is 30.5 Å². The summed E-state index contributed by atoms with van der Waals surface area (Å²) >= 11 is 0. The van der Waals surface area contributed by atoms with E-state index in [-0.39, 0.29) is 17.9 Å². The van der Waals surface area contributed by atoms with Gasteiger partial charge in [-0.25, -0.2) is 9.97 Å². The molecule has 3 aromatic rings. The van der Waals surface area contributed by atoms with Crippen LogP contribution in [-0.2, 0) is 11.3 Å². The number of nitrogens with zero attached hydrogens (tertiary/aromatic N) is 2. The minimum absolute atomic E-state index is 0.0156. The van der Waals surface area contributed by atoms with Gasteiger partial charge in [-0.05, 0) is 37.1 Å². The Morgan fingerprint density at radius 2 is 2.24 bits per heavy atom. The maximum atomic E-state index is 12.5. The summed E-state index contributed by atoms with van der Waals surface area (Å²) < 4.78 is 11.1. The molecule has 2 aromatic heterocycles. The molecule has 0 bridgehead atoms. The van der Waals surface area contributed by atoms with E-state index in [4.69, 9.17) is 9.47 Å². The molecule has 8 nitrogen and oxygen atoms in total. The minimum atomic E-state index is -0.452. The van der Waals surface area contributed by atoms with Crippen molar-refractivity contribution in [1.29, 1.82) is 0 Å². The van der Waals surface area contributed by atoms with Crippen LogP contribution in [0.3, 0.4) is 0 Å². The van der Waals surface area contributed by atoms with Gasteiger partial charge in [-0.1, -0.05) is 11.6 Å². The standard InChI is InChI=1S/C21H22N4O4/c1-13-2-3-17-16(8-13)20(26)25-19(24-17)21(27)23-10-14-4-6-22-18(9-14)29-12-15-5-7-28-11-15/h2-4,6,8-9,15H,5,7,10-12H2,1H3,(H,23,27)(H,24,25,26). The van der Waals surface area contributed by atoms with Crippen molar-refractivity contribution in [3.63, 3.8) is 0 Å². The maximum absolute atomic E-state index is 12.5. The number of amides is 1. The fourth-order valence-corrected chi connectivity index (χ4v) is 3.18. The molecule has 0 aliphatic carbocycles. The minimum Gasteiger partial charge on any atom is -0.477 e. The van der Waals surface area contributed by atoms with E-state index in [1.807, 2.05) is 13.0 Å². The van der Waals surface area contributed by atoms with Crippen molar-refractivity contribution < 1.29 is 14.3 Å². The number of hydrogen-bond donors (Lipinski definition) is 2. The van der Waals surface area contributed by atoms with E-state index in [0.29, 0.717) is 35.9 Å². The smallest absolute Gasteiger partial charge is 0.287 e. The summed E-state index contributed by atoms with van der Waals surface area (Å²) in [5.74, 6) is 0.432. The quantitative estimate of drug-likeness (QED) is 0.662. The van der Waals surface area contributed by atoms with Crippen molar-refractivity contribution in [1.82, 2.24) is 20.3 Å². The van der Waals surface area contributed by atoms with E-state index >= 15 is 0 Å². The highest BCUT2D eigenvalue weighted by atomic mass is 16.5. The number of ether oxygens (including phenoxy) is 2. The van der Waals surface area contributed by atoms with Crippen LogP contribution >= 0.6 is 0 Å². The Morgan fingerprint density at radius 3 is 3.07 bits per heavy atom. The molecule has 1 aliphatic rings. The summed E-state index contributed by atoms with van der Waals surface area (Å²) in [7, 11) is 0. The number of fused-ring (bicyclic) bond motifs is 1. The number of carbonyl (C=O) groups is 1. The average Bonchev–Trinajstić information content (AvgIpc) is 3.25. The maximum Gasteiger partial charge on any atom is 0.287 e. The van der Waals surface area contributed by atoms with Gasteiger partial charge in [-0.3, -0.25) is 9.59 Å². The molecule has 1 fully saturated rings. The molecule has 1 unspecified atom stereocenters. The third-order valence-electron chi connectivity index (χ3n) is 4.82. The second kappa shape index (κ2) is 8.40. The number of aromatic amines is 1. The van der Waals surface area contributed by atoms with Gasteiger partial charge in [0.2, 0.25) is 5.88 Å². The zero-order valence-corrected chi connectivity index (χ0v) is 16.1. The lowest BCUT2D eigenvalue weighted by molar-refractivity contribution is 0.0940. The summed E-state index contributed by atoms with van der Waals surface area (Å²) in [4.78, 5) is 35.7. The van der Waals surface area contributed by atoms with Crippen LogP contribution in [-0.4, -0.2) is 40.7 Å². The number of pyridine rings is 1. The highest BCUT2D eigenvalue weighted by Crippen LogP contribution is 2.16. The lowest BCUT2D eigenvalue weighted by Crippen LogP contribution is -2.27. The molecule has 8 heteroatoms. The van der Waals surface area contributed by atoms with Gasteiger partial charge in [0.25, 0.3) is 11.5 Å². The molecule has 0 spiro atoms. The highest BCUT2D eigenvalue weighted by molar-refractivity contribution is 5.92. The number of benzene rings is 1. The van der Waals surface area contributed by atoms with Gasteiger partial charge in [0.15, 0.2) is 5.82 Å². The first-order valence-electron chi connectivity index (χ1n) is 9.53. The van der Waals surface area contributed by atoms with Crippen molar-refractivity contribution in [2.24, 2.45) is 5.92 Å². The number of H-pyrrole nitrogens is 1. The van der Waals surface area contributed by atoms with Crippen molar-refractivity contribution in [2.45, 2.75) is 19.9 Å². The number of rotatable bonds is 6. The lowest BCUT2D eigenvalue weighted by atomic mass is 10.1. The average molecular weight is 394 g/mol. The number of nitrogens with one attached hydrogen (secondary N) is 2. The molecule has 1 aromatic carbocycles. The first-order valence-corrected chi connectivity index (χ1v) is 9.53. The van der Waals surface area contributed by atoms with Gasteiger partial charge < -0.3 is 19.8 Å². The largest absolute Gasteiger partial charge is 0.477 e. The predicted octanol–water partition coefficient (Wildman–Crippen LogP) is 1.97. The number of aromatic nitrogens is 3. The molecular weight excluding hydrogens is 372 g/mol. The fraction of sp³-hybridized carbons (Fsp3) is 0.333. The second-order valence-corrected chi connectivity index (χ2v) is 7.16. The van der Waals surface area contributed by atoms with Crippen molar-refractivity contribution >= 4 is 16.8 Å². The molecule has 1 amide bonds. The molecule has 0 saturated carbocycles. The predicted molar refractivity (Wildman–Crippen MR) is 107 cm³/mol. The van der Waals surface area contributed by atoms with Gasteiger partial charge >= 0.3 is 0 Å². The molecule has 0 radical (unpaired) electrons. The summed E-state index contributed by atoms with van der Waals surface area (Å²) in [6.07, 6.45) is 2.63. The van der Waals surface area contributed by atoms with Crippen LogP contribution in [0, 0.1) is 12.8 Å². The van der Waals surface area contributed by atoms with Crippen LogP contribution in [0.4, 0.5) is 0 Å². The molecule has 1 saturated heterocycles. The van der Waals surface area contributed by atoms with Crippen LogP contribution in [0.5, 0.6) is 5.88 Å². The Balaban J connectivity index is 1.40. The van der Waals surface area contributed by atoms with Crippen LogP contribution < -0.4 is 15.6 Å². The Kier molecular flexibility index (Phi) is 5.53. The Bertz CT molecular complexity index is 1090. The molecule has 4 rings (SSSR count). The van der Waals surface area contributed by atoms with Gasteiger partial charge in [-0.15, -0.1) is 0 Å². The van der Waals surface area contributed by atoms with Crippen LogP contribution in [0.15, 0.2) is 41.3 Å². The van der Waals surface area contributed by atoms with Crippen molar-refractivity contribution in [3.05, 3.63) is 63.8 Å². The van der Waals surface area contributed by atoms with E-state index in [2.05, 4.69) is 20.3 Å². The zero-order valence-electron chi connectivity index (χ0n) is 16.1. The van der Waals surface area contributed by atoms with E-state index in [9.17, 15) is 9.59 Å². The Morgan fingerprint density at radius 1 is 1.34 bits per heavy atom. The summed E-state index contributed by atoms with van der Waals surface area (Å²) in [6, 6.07) is 8.92. The lowest BCUT2D eigenvalue weighted by Gasteiger charge is -2.11. The van der Waals surface area contributed by atoms with Gasteiger partial charge in [-0.2, -0.15) is 0 Å².